The van der Waals surface area contributed by atoms with Crippen molar-refractivity contribution in [3.05, 3.63) is 158 Å². The molecule has 0 saturated heterocycles. The van der Waals surface area contributed by atoms with Gasteiger partial charge in [-0.1, -0.05) is 121 Å². The molecule has 0 radical (unpaired) electrons. The van der Waals surface area contributed by atoms with Gasteiger partial charge >= 0.3 is 19.5 Å². The van der Waals surface area contributed by atoms with Gasteiger partial charge in [0.05, 0.1) is 22.1 Å². The minimum absolute atomic E-state index is 0. The van der Waals surface area contributed by atoms with Crippen LogP contribution in [0.5, 0.6) is 11.5 Å². The molecule has 0 atom stereocenters. The van der Waals surface area contributed by atoms with E-state index in [-0.39, 0.29) is 31.0 Å². The summed E-state index contributed by atoms with van der Waals surface area (Å²) >= 11 is 0. The second-order valence-corrected chi connectivity index (χ2v) is 10.2. The van der Waals surface area contributed by atoms with E-state index in [2.05, 4.69) is 9.97 Å². The monoisotopic (exact) mass is 634 g/mol. The average molecular weight is 636 g/mol. The maximum atomic E-state index is 12.2. The summed E-state index contributed by atoms with van der Waals surface area (Å²) in [5.74, 6) is 1.32. The van der Waals surface area contributed by atoms with Crippen LogP contribution in [0.3, 0.4) is 0 Å². The Labute approximate surface area is 273 Å². The minimum Gasteiger partial charge on any atom is -0.872 e. The predicted octanol–water partition coefficient (Wildman–Crippen LogP) is 7.53. The Bertz CT molecular complexity index is 2050. The molecule has 0 N–H and O–H groups in total. The number of benzene rings is 6. The number of hydrogen-bond donors (Lipinski definition) is 0. The molecule has 7 heteroatoms. The maximum absolute atomic E-state index is 12.2. The Morgan fingerprint density at radius 1 is 0.378 bits per heavy atom. The van der Waals surface area contributed by atoms with Crippen molar-refractivity contribution in [1.82, 2.24) is 19.1 Å². The van der Waals surface area contributed by atoms with Crippen molar-refractivity contribution in [3.8, 4) is 45.6 Å². The van der Waals surface area contributed by atoms with Gasteiger partial charge in [-0.05, 0) is 48.5 Å². The Morgan fingerprint density at radius 3 is 1.11 bits per heavy atom. The first kappa shape index (κ1) is 29.6. The van der Waals surface area contributed by atoms with E-state index in [1.54, 1.807) is 24.3 Å². The number of hydrogen-bond acceptors (Lipinski definition) is 4. The number of nitrogens with zero attached hydrogens (tertiary/aromatic N) is 4. The van der Waals surface area contributed by atoms with Crippen molar-refractivity contribution in [2.24, 2.45) is 0 Å². The molecule has 0 saturated carbocycles. The van der Waals surface area contributed by atoms with Crippen LogP contribution in [0.2, 0.25) is 0 Å². The van der Waals surface area contributed by atoms with Crippen LogP contribution in [-0.2, 0) is 19.5 Å². The van der Waals surface area contributed by atoms with Crippen molar-refractivity contribution in [1.29, 1.82) is 0 Å². The minimum atomic E-state index is -0.0185. The standard InChI is InChI=1S/2C19H14N2O.Zn/c2*22-18-13-7-4-10-15(18)19-20-16-11-5-6-12-17(16)21(19)14-8-2-1-3-9-14;/h2*1-13,22H;/q;;+2/p-2. The van der Waals surface area contributed by atoms with Gasteiger partial charge in [-0.3, -0.25) is 9.13 Å². The van der Waals surface area contributed by atoms with Crippen molar-refractivity contribution >= 4 is 22.1 Å². The summed E-state index contributed by atoms with van der Waals surface area (Å²) in [5.41, 5.74) is 6.96. The van der Waals surface area contributed by atoms with E-state index in [9.17, 15) is 10.2 Å². The number of para-hydroxylation sites is 8. The molecule has 212 valence electrons. The van der Waals surface area contributed by atoms with Gasteiger partial charge in [-0.15, -0.1) is 0 Å². The van der Waals surface area contributed by atoms with Crippen LogP contribution in [0.15, 0.2) is 158 Å². The number of fused-ring (bicyclic) bond motifs is 2. The first-order valence-corrected chi connectivity index (χ1v) is 14.3. The van der Waals surface area contributed by atoms with Crippen LogP contribution in [0.25, 0.3) is 56.2 Å². The first-order valence-electron chi connectivity index (χ1n) is 14.3. The average Bonchev–Trinajstić information content (AvgIpc) is 3.65. The molecule has 2 heterocycles. The van der Waals surface area contributed by atoms with Crippen LogP contribution in [0.4, 0.5) is 0 Å². The van der Waals surface area contributed by atoms with Crippen molar-refractivity contribution < 1.29 is 29.7 Å². The molecular weight excluding hydrogens is 610 g/mol. The topological polar surface area (TPSA) is 81.8 Å². The summed E-state index contributed by atoms with van der Waals surface area (Å²) in [6, 6.07) is 49.8. The van der Waals surface area contributed by atoms with Gasteiger partial charge in [-0.2, -0.15) is 0 Å². The third-order valence-electron chi connectivity index (χ3n) is 7.41. The van der Waals surface area contributed by atoms with Gasteiger partial charge in [0.2, 0.25) is 0 Å². The van der Waals surface area contributed by atoms with Gasteiger partial charge in [0.1, 0.15) is 11.6 Å². The van der Waals surface area contributed by atoms with E-state index in [1.165, 1.54) is 0 Å². The molecule has 6 aromatic carbocycles. The summed E-state index contributed by atoms with van der Waals surface area (Å²) in [6.07, 6.45) is 0. The van der Waals surface area contributed by atoms with Gasteiger partial charge in [-0.25, -0.2) is 9.97 Å². The Hall–Kier alpha value is -5.52. The molecule has 0 bridgehead atoms. The number of imidazole rings is 2. The van der Waals surface area contributed by atoms with E-state index in [0.29, 0.717) is 22.8 Å². The number of rotatable bonds is 4. The molecule has 8 aromatic rings. The van der Waals surface area contributed by atoms with E-state index >= 15 is 0 Å². The smallest absolute Gasteiger partial charge is 0.872 e. The van der Waals surface area contributed by atoms with E-state index in [1.807, 2.05) is 143 Å². The molecule has 2 aromatic heterocycles. The summed E-state index contributed by atoms with van der Waals surface area (Å²) < 4.78 is 4.07. The fourth-order valence-corrected chi connectivity index (χ4v) is 5.39. The second kappa shape index (κ2) is 13.0. The molecule has 45 heavy (non-hydrogen) atoms. The zero-order valence-electron chi connectivity index (χ0n) is 24.3. The van der Waals surface area contributed by atoms with E-state index in [0.717, 1.165) is 33.4 Å². The zero-order valence-corrected chi connectivity index (χ0v) is 27.3. The third-order valence-corrected chi connectivity index (χ3v) is 7.41. The molecule has 0 aliphatic heterocycles. The summed E-state index contributed by atoms with van der Waals surface area (Å²) in [7, 11) is 0. The maximum Gasteiger partial charge on any atom is 2.00 e. The summed E-state index contributed by atoms with van der Waals surface area (Å²) in [6.45, 7) is 0. The molecule has 0 fully saturated rings. The summed E-state index contributed by atoms with van der Waals surface area (Å²) in [5, 5.41) is 24.5. The van der Waals surface area contributed by atoms with Crippen LogP contribution >= 0.6 is 0 Å². The van der Waals surface area contributed by atoms with Crippen LogP contribution in [-0.4, -0.2) is 19.1 Å². The van der Waals surface area contributed by atoms with Gasteiger partial charge < -0.3 is 10.2 Å². The van der Waals surface area contributed by atoms with E-state index in [4.69, 9.17) is 0 Å². The normalized spacial score (nSPS) is 10.7. The molecule has 6 nitrogen and oxygen atoms in total. The molecule has 8 rings (SSSR count). The largest absolute Gasteiger partial charge is 2.00 e. The Morgan fingerprint density at radius 2 is 0.711 bits per heavy atom. The van der Waals surface area contributed by atoms with E-state index < -0.39 is 0 Å². The van der Waals surface area contributed by atoms with Gasteiger partial charge in [0.25, 0.3) is 0 Å². The Balaban J connectivity index is 0.000000155. The third kappa shape index (κ3) is 5.74. The molecule has 0 spiro atoms. The molecule has 0 aliphatic rings. The molecule has 0 aliphatic carbocycles. The fraction of sp³-hybridized carbons (Fsp3) is 0. The van der Waals surface area contributed by atoms with Crippen LogP contribution < -0.4 is 10.2 Å². The van der Waals surface area contributed by atoms with Crippen molar-refractivity contribution in [2.45, 2.75) is 0 Å². The SMILES string of the molecule is [O-]c1ccccc1-c1nc2ccccc2n1-c1ccccc1.[O-]c1ccccc1-c1nc2ccccc2n1-c1ccccc1.[Zn+2]. The Kier molecular flexibility index (Phi) is 8.54. The van der Waals surface area contributed by atoms with Crippen molar-refractivity contribution in [3.63, 3.8) is 0 Å². The van der Waals surface area contributed by atoms with Gasteiger partial charge in [0.15, 0.2) is 0 Å². The van der Waals surface area contributed by atoms with Crippen LogP contribution in [0, 0.1) is 0 Å². The van der Waals surface area contributed by atoms with Gasteiger partial charge in [0, 0.05) is 22.5 Å². The summed E-state index contributed by atoms with van der Waals surface area (Å²) in [4.78, 5) is 9.37. The first-order chi connectivity index (χ1) is 21.7. The molecule has 0 unspecified atom stereocenters. The zero-order chi connectivity index (χ0) is 29.9. The molecular formula is C38H26N4O2Zn. The predicted molar refractivity (Wildman–Crippen MR) is 172 cm³/mol. The quantitative estimate of drug-likeness (QED) is 0.187. The number of aromatic nitrogens is 4. The van der Waals surface area contributed by atoms with Crippen molar-refractivity contribution in [2.75, 3.05) is 0 Å². The molecule has 0 amide bonds. The second-order valence-electron chi connectivity index (χ2n) is 10.2. The fourth-order valence-electron chi connectivity index (χ4n) is 5.39. The van der Waals surface area contributed by atoms with Crippen LogP contribution in [0.1, 0.15) is 0 Å².